The van der Waals surface area contributed by atoms with Crippen LogP contribution in [0.15, 0.2) is 18.2 Å². The summed E-state index contributed by atoms with van der Waals surface area (Å²) in [7, 11) is 3.46. The minimum Gasteiger partial charge on any atom is -0.497 e. The van der Waals surface area contributed by atoms with Crippen LogP contribution in [-0.4, -0.2) is 73.3 Å². The van der Waals surface area contributed by atoms with Gasteiger partial charge in [-0.3, -0.25) is 15.6 Å². The van der Waals surface area contributed by atoms with Crippen molar-refractivity contribution in [3.63, 3.8) is 0 Å². The first-order valence-electron chi connectivity index (χ1n) is 9.90. The first-order chi connectivity index (χ1) is 13.4. The largest absolute Gasteiger partial charge is 0.497 e. The molecule has 0 spiro atoms. The highest BCUT2D eigenvalue weighted by molar-refractivity contribution is 5.86. The fraction of sp³-hybridized carbons (Fsp3) is 0.650. The molecule has 0 radical (unpaired) electrons. The van der Waals surface area contributed by atoms with Gasteiger partial charge in [0.1, 0.15) is 11.6 Å². The molecule has 1 atom stereocenters. The van der Waals surface area contributed by atoms with Gasteiger partial charge in [0.2, 0.25) is 0 Å². The first kappa shape index (κ1) is 21.0. The third-order valence-corrected chi connectivity index (χ3v) is 5.67. The predicted octanol–water partition coefficient (Wildman–Crippen LogP) is 0.734. The molecule has 1 amide bonds. The fourth-order valence-corrected chi connectivity index (χ4v) is 4.01. The van der Waals surface area contributed by atoms with Gasteiger partial charge in [0.05, 0.1) is 7.11 Å². The van der Waals surface area contributed by atoms with Gasteiger partial charge in [-0.1, -0.05) is 0 Å². The van der Waals surface area contributed by atoms with E-state index >= 15 is 0 Å². The van der Waals surface area contributed by atoms with E-state index in [1.807, 2.05) is 11.9 Å². The van der Waals surface area contributed by atoms with E-state index in [0.717, 1.165) is 26.1 Å². The number of nitrogens with zero attached hydrogens (tertiary/aromatic N) is 2. The third kappa shape index (κ3) is 5.00. The quantitative estimate of drug-likeness (QED) is 0.604. The number of amides is 1. The number of hydrogen-bond acceptors (Lipinski definition) is 6. The number of likely N-dealkylation sites (tertiary alicyclic amines) is 1. The van der Waals surface area contributed by atoms with Crippen molar-refractivity contribution in [2.45, 2.75) is 31.4 Å². The van der Waals surface area contributed by atoms with E-state index in [1.54, 1.807) is 17.0 Å². The van der Waals surface area contributed by atoms with Gasteiger partial charge in [0, 0.05) is 38.3 Å². The van der Waals surface area contributed by atoms with E-state index in [2.05, 4.69) is 10.9 Å². The maximum atomic E-state index is 14.2. The molecular weight excluding hydrogens is 363 g/mol. The Morgan fingerprint density at radius 1 is 1.39 bits per heavy atom. The van der Waals surface area contributed by atoms with Crippen molar-refractivity contribution >= 4 is 5.91 Å². The molecule has 8 heteroatoms. The van der Waals surface area contributed by atoms with Crippen LogP contribution in [0.5, 0.6) is 5.75 Å². The summed E-state index contributed by atoms with van der Waals surface area (Å²) in [6, 6.07) is 4.50. The Hall–Kier alpha value is -1.74. The van der Waals surface area contributed by atoms with E-state index in [9.17, 15) is 14.3 Å². The number of ether oxygens (including phenoxy) is 1. The van der Waals surface area contributed by atoms with E-state index in [4.69, 9.17) is 4.74 Å². The zero-order chi connectivity index (χ0) is 20.1. The molecule has 156 valence electrons. The lowest BCUT2D eigenvalue weighted by atomic mass is 9.90. The number of nitrogens with one attached hydrogen (secondary N) is 2. The standard InChI is InChI=1S/C20H31FN4O3/c1-24(9-6-15-11-22-23-12-15)14-20(27)7-3-8-25(19(20)26)13-16-10-17(28-2)4-5-18(16)21/h4-5,10,15,22-23,27H,3,6-9,11-14H2,1-2H3. The summed E-state index contributed by atoms with van der Waals surface area (Å²) in [5.41, 5.74) is 5.20. The Kier molecular flexibility index (Phi) is 6.87. The van der Waals surface area contributed by atoms with Crippen LogP contribution < -0.4 is 15.6 Å². The van der Waals surface area contributed by atoms with Crippen LogP contribution in [0, 0.1) is 11.7 Å². The number of carbonyl (C=O) groups excluding carboxylic acids is 1. The average Bonchev–Trinajstić information content (AvgIpc) is 3.19. The smallest absolute Gasteiger partial charge is 0.256 e. The normalized spacial score (nSPS) is 23.6. The Balaban J connectivity index is 1.60. The highest BCUT2D eigenvalue weighted by Gasteiger charge is 2.43. The van der Waals surface area contributed by atoms with Crippen LogP contribution in [-0.2, 0) is 11.3 Å². The van der Waals surface area contributed by atoms with Gasteiger partial charge in [-0.2, -0.15) is 0 Å². The predicted molar refractivity (Wildman–Crippen MR) is 104 cm³/mol. The molecule has 0 bridgehead atoms. The Bertz CT molecular complexity index is 683. The zero-order valence-corrected chi connectivity index (χ0v) is 16.7. The van der Waals surface area contributed by atoms with Crippen LogP contribution in [0.4, 0.5) is 4.39 Å². The number of piperidine rings is 1. The van der Waals surface area contributed by atoms with E-state index < -0.39 is 5.60 Å². The molecule has 0 aromatic heterocycles. The summed E-state index contributed by atoms with van der Waals surface area (Å²) in [6.07, 6.45) is 2.12. The molecule has 2 heterocycles. The molecule has 3 N–H and O–H groups in total. The number of benzene rings is 1. The SMILES string of the molecule is COc1ccc(F)c(CN2CCCC(O)(CN(C)CCC3CNNC3)C2=O)c1. The summed E-state index contributed by atoms with van der Waals surface area (Å²) >= 11 is 0. The summed E-state index contributed by atoms with van der Waals surface area (Å²) in [6.45, 7) is 3.63. The van der Waals surface area contributed by atoms with Gasteiger partial charge in [0.15, 0.2) is 5.60 Å². The van der Waals surface area contributed by atoms with E-state index in [-0.39, 0.29) is 24.8 Å². The molecule has 7 nitrogen and oxygen atoms in total. The monoisotopic (exact) mass is 394 g/mol. The van der Waals surface area contributed by atoms with Crippen LogP contribution >= 0.6 is 0 Å². The number of methoxy groups -OCH3 is 1. The molecule has 1 aromatic rings. The van der Waals surface area contributed by atoms with E-state index in [0.29, 0.717) is 36.6 Å². The molecule has 0 saturated carbocycles. The summed E-state index contributed by atoms with van der Waals surface area (Å²) in [5, 5.41) is 11.0. The molecule has 2 saturated heterocycles. The van der Waals surface area contributed by atoms with Crippen molar-refractivity contribution in [2.75, 3.05) is 46.9 Å². The number of halogens is 1. The van der Waals surface area contributed by atoms with Crippen molar-refractivity contribution in [1.29, 1.82) is 0 Å². The molecule has 2 fully saturated rings. The molecule has 1 aromatic carbocycles. The van der Waals surface area contributed by atoms with Gasteiger partial charge in [-0.25, -0.2) is 4.39 Å². The van der Waals surface area contributed by atoms with Crippen molar-refractivity contribution < 1.29 is 19.0 Å². The van der Waals surface area contributed by atoms with Crippen LogP contribution in [0.1, 0.15) is 24.8 Å². The number of hydrazine groups is 1. The first-order valence-corrected chi connectivity index (χ1v) is 9.90. The molecule has 1 unspecified atom stereocenters. The summed E-state index contributed by atoms with van der Waals surface area (Å²) in [4.78, 5) is 16.6. The molecular formula is C20H31FN4O3. The van der Waals surface area contributed by atoms with Crippen molar-refractivity contribution in [3.05, 3.63) is 29.6 Å². The third-order valence-electron chi connectivity index (χ3n) is 5.67. The van der Waals surface area contributed by atoms with Gasteiger partial charge in [0.25, 0.3) is 5.91 Å². The minimum atomic E-state index is -1.42. The fourth-order valence-electron chi connectivity index (χ4n) is 4.01. The number of hydrogen-bond donors (Lipinski definition) is 3. The van der Waals surface area contributed by atoms with Gasteiger partial charge in [-0.15, -0.1) is 0 Å². The number of likely N-dealkylation sites (N-methyl/N-ethyl adjacent to an activating group) is 1. The van der Waals surface area contributed by atoms with Crippen molar-refractivity contribution in [3.8, 4) is 5.75 Å². The highest BCUT2D eigenvalue weighted by Crippen LogP contribution is 2.27. The van der Waals surface area contributed by atoms with Gasteiger partial charge < -0.3 is 19.6 Å². The number of aliphatic hydroxyl groups is 1. The summed E-state index contributed by atoms with van der Waals surface area (Å²) < 4.78 is 19.3. The second kappa shape index (κ2) is 9.17. The lowest BCUT2D eigenvalue weighted by molar-refractivity contribution is -0.159. The van der Waals surface area contributed by atoms with Crippen LogP contribution in [0.2, 0.25) is 0 Å². The number of rotatable bonds is 8. The van der Waals surface area contributed by atoms with Crippen molar-refractivity contribution in [1.82, 2.24) is 20.7 Å². The lowest BCUT2D eigenvalue weighted by Gasteiger charge is -2.40. The second-order valence-electron chi connectivity index (χ2n) is 7.97. The molecule has 3 rings (SSSR count). The lowest BCUT2D eigenvalue weighted by Crippen LogP contribution is -2.58. The van der Waals surface area contributed by atoms with E-state index in [1.165, 1.54) is 13.2 Å². The molecule has 2 aliphatic rings. The highest BCUT2D eigenvalue weighted by atomic mass is 19.1. The topological polar surface area (TPSA) is 77.1 Å². The number of carbonyl (C=O) groups is 1. The summed E-state index contributed by atoms with van der Waals surface area (Å²) in [5.74, 6) is 0.411. The molecule has 2 aliphatic heterocycles. The van der Waals surface area contributed by atoms with Gasteiger partial charge >= 0.3 is 0 Å². The second-order valence-corrected chi connectivity index (χ2v) is 7.97. The minimum absolute atomic E-state index is 0.132. The van der Waals surface area contributed by atoms with Crippen LogP contribution in [0.3, 0.4) is 0 Å². The Labute approximate surface area is 165 Å². The Morgan fingerprint density at radius 3 is 2.86 bits per heavy atom. The maximum Gasteiger partial charge on any atom is 0.256 e. The Morgan fingerprint density at radius 2 is 2.14 bits per heavy atom. The molecule has 28 heavy (non-hydrogen) atoms. The van der Waals surface area contributed by atoms with Crippen LogP contribution in [0.25, 0.3) is 0 Å². The zero-order valence-electron chi connectivity index (χ0n) is 16.7. The average molecular weight is 394 g/mol. The van der Waals surface area contributed by atoms with Gasteiger partial charge in [-0.05, 0) is 57.0 Å². The maximum absolute atomic E-state index is 14.2. The molecule has 0 aliphatic carbocycles. The van der Waals surface area contributed by atoms with Crippen molar-refractivity contribution in [2.24, 2.45) is 5.92 Å².